The molecule has 0 saturated carbocycles. The smallest absolute Gasteiger partial charge is 0.274 e. The molecule has 0 aliphatic carbocycles. The Hall–Kier alpha value is -4.71. The van der Waals surface area contributed by atoms with E-state index in [9.17, 15) is 19.2 Å². The molecule has 0 unspecified atom stereocenters. The molecule has 2 atom stereocenters. The minimum Gasteiger partial charge on any atom is -0.497 e. The van der Waals surface area contributed by atoms with E-state index in [-0.39, 0.29) is 61.2 Å². The van der Waals surface area contributed by atoms with Gasteiger partial charge in [0.25, 0.3) is 17.4 Å². The summed E-state index contributed by atoms with van der Waals surface area (Å²) in [4.78, 5) is 52.3. The number of nitrogens with one attached hydrogen (secondary N) is 2. The van der Waals surface area contributed by atoms with Crippen molar-refractivity contribution in [2.75, 3.05) is 26.7 Å². The molecular formula is C30H33N5O7. The van der Waals surface area contributed by atoms with Gasteiger partial charge >= 0.3 is 0 Å². The molecule has 2 N–H and O–H groups in total. The maximum atomic E-state index is 13.2. The molecule has 3 heterocycles. The average molecular weight is 576 g/mol. The predicted molar refractivity (Wildman–Crippen MR) is 152 cm³/mol. The van der Waals surface area contributed by atoms with E-state index < -0.39 is 6.04 Å². The number of benzene rings is 2. The first kappa shape index (κ1) is 28.8. The van der Waals surface area contributed by atoms with Crippen LogP contribution in [0.25, 0.3) is 0 Å². The Morgan fingerprint density at radius 3 is 2.74 bits per heavy atom. The average Bonchev–Trinajstić information content (AvgIpc) is 2.99. The molecule has 220 valence electrons. The van der Waals surface area contributed by atoms with E-state index in [0.717, 1.165) is 10.2 Å². The van der Waals surface area contributed by atoms with E-state index in [1.54, 1.807) is 23.1 Å². The highest BCUT2D eigenvalue weighted by atomic mass is 16.5. The molecule has 0 radical (unpaired) electrons. The third-order valence-corrected chi connectivity index (χ3v) is 7.20. The highest BCUT2D eigenvalue weighted by Gasteiger charge is 2.34. The molecule has 2 aliphatic heterocycles. The Morgan fingerprint density at radius 2 is 1.93 bits per heavy atom. The number of fused-ring (bicyclic) bond motifs is 5. The van der Waals surface area contributed by atoms with Crippen molar-refractivity contribution in [3.05, 3.63) is 81.8 Å². The van der Waals surface area contributed by atoms with Crippen LogP contribution in [0.3, 0.4) is 0 Å². The van der Waals surface area contributed by atoms with Gasteiger partial charge in [-0.1, -0.05) is 12.1 Å². The predicted octanol–water partition coefficient (Wildman–Crippen LogP) is 2.02. The van der Waals surface area contributed by atoms with E-state index in [0.29, 0.717) is 42.2 Å². The Balaban J connectivity index is 1.36. The second-order valence-electron chi connectivity index (χ2n) is 10.2. The number of carbonyl (C=O) groups excluding carboxylic acids is 3. The molecule has 3 aromatic rings. The Labute approximate surface area is 242 Å². The monoisotopic (exact) mass is 575 g/mol. The number of carbonyl (C=O) groups is 3. The van der Waals surface area contributed by atoms with Crippen LogP contribution in [-0.4, -0.2) is 71.3 Å². The van der Waals surface area contributed by atoms with Crippen molar-refractivity contribution >= 4 is 17.7 Å². The van der Waals surface area contributed by atoms with Gasteiger partial charge in [-0.3, -0.25) is 19.2 Å². The molecule has 0 spiro atoms. The number of likely N-dealkylation sites (tertiary alicyclic amines) is 1. The lowest BCUT2D eigenvalue weighted by atomic mass is 10.0. The summed E-state index contributed by atoms with van der Waals surface area (Å²) in [6.07, 6.45) is 0.726. The van der Waals surface area contributed by atoms with Crippen molar-refractivity contribution < 1.29 is 28.6 Å². The van der Waals surface area contributed by atoms with Crippen LogP contribution >= 0.6 is 0 Å². The van der Waals surface area contributed by atoms with Crippen molar-refractivity contribution in [1.29, 1.82) is 0 Å². The zero-order valence-corrected chi connectivity index (χ0v) is 23.5. The molecule has 2 aliphatic rings. The summed E-state index contributed by atoms with van der Waals surface area (Å²) in [5.74, 6) is 0.641. The molecule has 42 heavy (non-hydrogen) atoms. The summed E-state index contributed by atoms with van der Waals surface area (Å²) in [6, 6.07) is 14.6. The summed E-state index contributed by atoms with van der Waals surface area (Å²) in [7, 11) is 3.01. The van der Waals surface area contributed by atoms with Gasteiger partial charge in [-0.05, 0) is 48.7 Å². The van der Waals surface area contributed by atoms with Crippen LogP contribution in [0.5, 0.6) is 17.2 Å². The van der Waals surface area contributed by atoms with Crippen LogP contribution in [0.1, 0.15) is 45.7 Å². The minimum atomic E-state index is -0.470. The number of nitrogens with zero attached hydrogens (tertiary/aromatic N) is 3. The van der Waals surface area contributed by atoms with E-state index in [2.05, 4.69) is 15.7 Å². The van der Waals surface area contributed by atoms with Gasteiger partial charge in [0.1, 0.15) is 22.9 Å². The zero-order chi connectivity index (χ0) is 29.6. The molecular weight excluding hydrogens is 542 g/mol. The first-order valence-electron chi connectivity index (χ1n) is 13.8. The molecule has 1 saturated heterocycles. The number of aryl methyl sites for hydroxylation is 1. The standard InChI is InChI=1S/C30H33N5O7/c1-34-28(37)9-8-24(33-34)30(39)35-12-10-26-25(17-35)32-27(36)7-4-11-31-29(38)20-14-22(40-2)16-23(15-20)42-21-6-3-5-19(13-21)18-41-26/h3,5-6,8-9,13-16,25-26H,4,7,10-12,17-18H2,1-2H3,(H,31,38)(H,32,36)/t25-,26-/m0/s1. The third-order valence-electron chi connectivity index (χ3n) is 7.20. The molecule has 4 bridgehead atoms. The van der Waals surface area contributed by atoms with Crippen molar-refractivity contribution in [3.63, 3.8) is 0 Å². The van der Waals surface area contributed by atoms with Crippen LogP contribution < -0.4 is 25.7 Å². The minimum absolute atomic E-state index is 0.151. The van der Waals surface area contributed by atoms with E-state index in [4.69, 9.17) is 14.2 Å². The van der Waals surface area contributed by atoms with Crippen LogP contribution in [0, 0.1) is 0 Å². The molecule has 3 amide bonds. The second kappa shape index (κ2) is 12.9. The summed E-state index contributed by atoms with van der Waals surface area (Å²) >= 11 is 0. The fraction of sp³-hybridized carbons (Fsp3) is 0.367. The maximum absolute atomic E-state index is 13.2. The number of rotatable bonds is 2. The highest BCUT2D eigenvalue weighted by Crippen LogP contribution is 2.28. The number of methoxy groups -OCH3 is 1. The summed E-state index contributed by atoms with van der Waals surface area (Å²) in [5.41, 5.74) is 1.07. The van der Waals surface area contributed by atoms with Gasteiger partial charge in [-0.15, -0.1) is 0 Å². The van der Waals surface area contributed by atoms with Crippen LogP contribution in [0.2, 0.25) is 0 Å². The molecule has 1 fully saturated rings. The molecule has 12 heteroatoms. The first-order valence-corrected chi connectivity index (χ1v) is 13.8. The van der Waals surface area contributed by atoms with E-state index in [1.165, 1.54) is 26.3 Å². The number of aromatic nitrogens is 2. The van der Waals surface area contributed by atoms with Crippen molar-refractivity contribution in [2.24, 2.45) is 7.05 Å². The topological polar surface area (TPSA) is 141 Å². The number of hydrogen-bond donors (Lipinski definition) is 2. The van der Waals surface area contributed by atoms with Crippen LogP contribution in [0.15, 0.2) is 59.4 Å². The van der Waals surface area contributed by atoms with Gasteiger partial charge in [-0.25, -0.2) is 4.68 Å². The SMILES string of the molecule is COc1cc2cc(c1)C(=O)NCCCC(=O)N[C@H]1CN(C(=O)c3ccc(=O)n(C)n3)CC[C@@H]1OCc1cccc(c1)O2. The lowest BCUT2D eigenvalue weighted by Gasteiger charge is -2.38. The number of hydrogen-bond acceptors (Lipinski definition) is 8. The van der Waals surface area contributed by atoms with Crippen molar-refractivity contribution in [3.8, 4) is 17.2 Å². The lowest BCUT2D eigenvalue weighted by molar-refractivity contribution is -0.124. The number of piperidine rings is 1. The number of ether oxygens (including phenoxy) is 3. The number of amides is 3. The van der Waals surface area contributed by atoms with Gasteiger partial charge in [0, 0.05) is 50.8 Å². The molecule has 1 aromatic heterocycles. The quantitative estimate of drug-likeness (QED) is 0.473. The van der Waals surface area contributed by atoms with Gasteiger partial charge in [0.05, 0.1) is 25.9 Å². The summed E-state index contributed by atoms with van der Waals surface area (Å²) in [5, 5.41) is 9.95. The van der Waals surface area contributed by atoms with E-state index >= 15 is 0 Å². The van der Waals surface area contributed by atoms with Gasteiger partial charge in [0.15, 0.2) is 0 Å². The first-order chi connectivity index (χ1) is 20.3. The Bertz CT molecular complexity index is 1540. The van der Waals surface area contributed by atoms with E-state index in [1.807, 2.05) is 24.3 Å². The van der Waals surface area contributed by atoms with Crippen molar-refractivity contribution in [2.45, 2.75) is 38.0 Å². The third kappa shape index (κ3) is 6.95. The summed E-state index contributed by atoms with van der Waals surface area (Å²) < 4.78 is 18.8. The lowest BCUT2D eigenvalue weighted by Crippen LogP contribution is -2.57. The molecule has 2 aromatic carbocycles. The van der Waals surface area contributed by atoms with Crippen molar-refractivity contribution in [1.82, 2.24) is 25.3 Å². The zero-order valence-electron chi connectivity index (χ0n) is 23.5. The van der Waals surface area contributed by atoms with Gasteiger partial charge < -0.3 is 29.7 Å². The fourth-order valence-electron chi connectivity index (χ4n) is 4.98. The Morgan fingerprint density at radius 1 is 1.07 bits per heavy atom. The van der Waals surface area contributed by atoms with Gasteiger partial charge in [-0.2, -0.15) is 5.10 Å². The maximum Gasteiger partial charge on any atom is 0.274 e. The normalized spacial score (nSPS) is 19.7. The highest BCUT2D eigenvalue weighted by molar-refractivity contribution is 5.95. The largest absolute Gasteiger partial charge is 0.497 e. The Kier molecular flexibility index (Phi) is 8.82. The summed E-state index contributed by atoms with van der Waals surface area (Å²) in [6.45, 7) is 1.16. The second-order valence-corrected chi connectivity index (χ2v) is 10.2. The molecule has 12 nitrogen and oxygen atoms in total. The van der Waals surface area contributed by atoms with Crippen LogP contribution in [-0.2, 0) is 23.2 Å². The van der Waals surface area contributed by atoms with Crippen LogP contribution in [0.4, 0.5) is 0 Å². The van der Waals surface area contributed by atoms with Gasteiger partial charge in [0.2, 0.25) is 5.91 Å². The molecule has 5 rings (SSSR count). The fourth-order valence-corrected chi connectivity index (χ4v) is 4.98.